The lowest BCUT2D eigenvalue weighted by molar-refractivity contribution is 1.03. The van der Waals surface area contributed by atoms with Crippen LogP contribution in [0, 0.1) is 0 Å². The number of fused-ring (bicyclic) bond motifs is 9. The first-order chi connectivity index (χ1) is 28.3. The number of hydrogen-bond acceptors (Lipinski definition) is 0. The molecule has 2 aliphatic heterocycles. The molecule has 278 valence electrons. The Morgan fingerprint density at radius 1 is 0.586 bits per heavy atom. The molecule has 0 saturated carbocycles. The number of rotatable bonds is 5. The molecule has 58 heavy (non-hydrogen) atoms. The van der Waals surface area contributed by atoms with Crippen LogP contribution in [0.25, 0.3) is 82.7 Å². The van der Waals surface area contributed by atoms with E-state index in [-0.39, 0.29) is 6.71 Å². The Bertz CT molecular complexity index is 3290. The lowest BCUT2D eigenvalue weighted by Gasteiger charge is -2.36. The molecule has 0 saturated heterocycles. The summed E-state index contributed by atoms with van der Waals surface area (Å²) in [5, 5.41) is 9.88. The van der Waals surface area contributed by atoms with Crippen molar-refractivity contribution >= 4 is 99.4 Å². The van der Waals surface area contributed by atoms with Crippen LogP contribution < -0.4 is 26.8 Å². The van der Waals surface area contributed by atoms with Crippen molar-refractivity contribution in [2.75, 3.05) is 0 Å². The second kappa shape index (κ2) is 12.3. The molecule has 9 aromatic rings. The van der Waals surface area contributed by atoms with Gasteiger partial charge < -0.3 is 9.13 Å². The van der Waals surface area contributed by atoms with Crippen LogP contribution in [0.1, 0.15) is 18.5 Å². The molecule has 5 heteroatoms. The van der Waals surface area contributed by atoms with Gasteiger partial charge in [0.15, 0.2) is 0 Å². The number of benzene rings is 7. The second-order valence-electron chi connectivity index (χ2n) is 18.2. The van der Waals surface area contributed by atoms with Crippen LogP contribution in [0.5, 0.6) is 0 Å². The van der Waals surface area contributed by atoms with Crippen molar-refractivity contribution in [3.63, 3.8) is 0 Å². The van der Waals surface area contributed by atoms with Crippen LogP contribution in [0.3, 0.4) is 0 Å². The predicted molar refractivity (Wildman–Crippen MR) is 258 cm³/mol. The Balaban J connectivity index is 1.35. The molecular formula is C53H45BN2Si2. The Morgan fingerprint density at radius 2 is 1.31 bits per heavy atom. The highest BCUT2D eigenvalue weighted by atomic mass is 28.3. The molecule has 0 atom stereocenters. The number of aromatic nitrogens is 2. The quantitative estimate of drug-likeness (QED) is 0.154. The lowest BCUT2D eigenvalue weighted by Crippen LogP contribution is -2.60. The maximum Gasteiger partial charge on any atom is 0.253 e. The first-order valence-electron chi connectivity index (χ1n) is 21.2. The van der Waals surface area contributed by atoms with E-state index in [2.05, 4.69) is 194 Å². The molecule has 7 aromatic carbocycles. The minimum absolute atomic E-state index is 0.0627. The highest BCUT2D eigenvalue weighted by molar-refractivity contribution is 7.02. The summed E-state index contributed by atoms with van der Waals surface area (Å²) in [6.45, 7) is 12.5. The van der Waals surface area contributed by atoms with Crippen LogP contribution in [-0.4, -0.2) is 32.7 Å². The van der Waals surface area contributed by atoms with Gasteiger partial charge in [0.05, 0.1) is 33.6 Å². The molecule has 12 rings (SSSR count). The molecule has 0 amide bonds. The van der Waals surface area contributed by atoms with Crippen molar-refractivity contribution in [2.45, 2.75) is 45.6 Å². The molecule has 0 spiro atoms. The summed E-state index contributed by atoms with van der Waals surface area (Å²) in [4.78, 5) is 0. The molecule has 4 heterocycles. The monoisotopic (exact) mass is 776 g/mol. The largest absolute Gasteiger partial charge is 0.310 e. The van der Waals surface area contributed by atoms with E-state index >= 15 is 0 Å². The van der Waals surface area contributed by atoms with Crippen molar-refractivity contribution in [3.8, 4) is 33.6 Å². The lowest BCUT2D eigenvalue weighted by atomic mass is 9.33. The van der Waals surface area contributed by atoms with Crippen LogP contribution in [-0.2, 0) is 0 Å². The van der Waals surface area contributed by atoms with Crippen molar-refractivity contribution in [1.29, 1.82) is 0 Å². The minimum atomic E-state index is -1.75. The summed E-state index contributed by atoms with van der Waals surface area (Å²) in [6, 6.07) is 51.7. The SMILES string of the molecule is C[SiH](C)c1ccc2c(c1)c1cc([Si](C)(C)C)cc3c1n2-c1cc(-c2ccccc2)cc2c1B3c1c3ccccc3cc3c(-c4ccccc4)c(C4=CCCC=C4)n-2c13. The zero-order chi connectivity index (χ0) is 39.0. The summed E-state index contributed by atoms with van der Waals surface area (Å²) in [6.07, 6.45) is 9.37. The summed E-state index contributed by atoms with van der Waals surface area (Å²) < 4.78 is 5.39. The van der Waals surface area contributed by atoms with Gasteiger partial charge in [-0.05, 0) is 86.5 Å². The van der Waals surface area contributed by atoms with E-state index < -0.39 is 16.9 Å². The molecule has 3 aliphatic rings. The van der Waals surface area contributed by atoms with Crippen molar-refractivity contribution < 1.29 is 0 Å². The average Bonchev–Trinajstić information content (AvgIpc) is 3.77. The predicted octanol–water partition coefficient (Wildman–Crippen LogP) is 10.3. The van der Waals surface area contributed by atoms with E-state index in [1.165, 1.54) is 115 Å². The summed E-state index contributed by atoms with van der Waals surface area (Å²) >= 11 is 0. The average molecular weight is 777 g/mol. The Morgan fingerprint density at radius 3 is 2.03 bits per heavy atom. The zero-order valence-electron chi connectivity index (χ0n) is 33.9. The minimum Gasteiger partial charge on any atom is -0.310 e. The second-order valence-corrected chi connectivity index (χ2v) is 26.2. The molecule has 2 nitrogen and oxygen atoms in total. The third-order valence-electron chi connectivity index (χ3n) is 13.4. The van der Waals surface area contributed by atoms with E-state index in [1.54, 1.807) is 0 Å². The Labute approximate surface area is 343 Å². The highest BCUT2D eigenvalue weighted by Crippen LogP contribution is 2.46. The first-order valence-corrected chi connectivity index (χ1v) is 27.5. The highest BCUT2D eigenvalue weighted by Gasteiger charge is 2.44. The van der Waals surface area contributed by atoms with Gasteiger partial charge in [0.2, 0.25) is 0 Å². The molecule has 2 aromatic heterocycles. The molecule has 0 unspecified atom stereocenters. The van der Waals surface area contributed by atoms with E-state index in [0.717, 1.165) is 12.8 Å². The first kappa shape index (κ1) is 34.2. The van der Waals surface area contributed by atoms with Gasteiger partial charge in [-0.1, -0.05) is 171 Å². The van der Waals surface area contributed by atoms with Gasteiger partial charge >= 0.3 is 0 Å². The number of nitrogens with zero attached hydrogens (tertiary/aromatic N) is 2. The molecule has 0 radical (unpaired) electrons. The maximum absolute atomic E-state index is 2.71. The molecule has 1 aliphatic carbocycles. The number of allylic oxidation sites excluding steroid dienone is 4. The van der Waals surface area contributed by atoms with Crippen molar-refractivity contribution in [3.05, 3.63) is 157 Å². The van der Waals surface area contributed by atoms with Gasteiger partial charge in [-0.15, -0.1) is 0 Å². The van der Waals surface area contributed by atoms with Crippen LogP contribution in [0.15, 0.2) is 152 Å². The Hall–Kier alpha value is -5.88. The van der Waals surface area contributed by atoms with Crippen LogP contribution in [0.2, 0.25) is 32.7 Å². The van der Waals surface area contributed by atoms with Crippen LogP contribution >= 0.6 is 0 Å². The third-order valence-corrected chi connectivity index (χ3v) is 17.1. The topological polar surface area (TPSA) is 9.86 Å². The fourth-order valence-corrected chi connectivity index (χ4v) is 12.8. The van der Waals surface area contributed by atoms with E-state index in [9.17, 15) is 0 Å². The summed E-state index contributed by atoms with van der Waals surface area (Å²) in [5.41, 5.74) is 18.7. The third kappa shape index (κ3) is 4.72. The maximum atomic E-state index is 2.71. The van der Waals surface area contributed by atoms with Gasteiger partial charge in [-0.25, -0.2) is 0 Å². The molecular weight excluding hydrogens is 732 g/mol. The molecule has 0 N–H and O–H groups in total. The van der Waals surface area contributed by atoms with Crippen molar-refractivity contribution in [1.82, 2.24) is 9.13 Å². The normalized spacial score (nSPS) is 14.3. The van der Waals surface area contributed by atoms with Gasteiger partial charge in [-0.2, -0.15) is 0 Å². The van der Waals surface area contributed by atoms with E-state index in [4.69, 9.17) is 0 Å². The van der Waals surface area contributed by atoms with Crippen LogP contribution in [0.4, 0.5) is 0 Å². The standard InChI is InChI=1S/C53H45BN2Si2/c1-57(2)38-25-26-45-41(30-38)42-31-39(58(3,4)5)32-44-52(42)55(45)46-28-37(33-17-9-6-10-18-33)29-47-50(46)54(44)49-40-24-16-15-23-36(40)27-43-48(34-19-11-7-12-20-34)51(56(47)53(43)49)35-21-13-8-14-22-35/h6-7,9-13,15-32,57H,8,14H2,1-5H3. The Kier molecular flexibility index (Phi) is 7.26. The zero-order valence-corrected chi connectivity index (χ0v) is 36.1. The fraction of sp³-hybridized carbons (Fsp3) is 0.132. The summed E-state index contributed by atoms with van der Waals surface area (Å²) in [7, 11) is -2.80. The smallest absolute Gasteiger partial charge is 0.253 e. The van der Waals surface area contributed by atoms with Crippen molar-refractivity contribution in [2.24, 2.45) is 0 Å². The van der Waals surface area contributed by atoms with E-state index in [0.29, 0.717) is 0 Å². The fourth-order valence-electron chi connectivity index (χ4n) is 10.6. The number of hydrogen-bond donors (Lipinski definition) is 0. The molecule has 0 fully saturated rings. The van der Waals surface area contributed by atoms with E-state index in [1.807, 2.05) is 0 Å². The van der Waals surface area contributed by atoms with Gasteiger partial charge in [0, 0.05) is 38.6 Å². The van der Waals surface area contributed by atoms with Gasteiger partial charge in [0.1, 0.15) is 0 Å². The van der Waals surface area contributed by atoms with Gasteiger partial charge in [-0.3, -0.25) is 0 Å². The summed E-state index contributed by atoms with van der Waals surface area (Å²) in [5.74, 6) is 0. The molecule has 0 bridgehead atoms. The van der Waals surface area contributed by atoms with Gasteiger partial charge in [0.25, 0.3) is 6.71 Å².